The zero-order valence-corrected chi connectivity index (χ0v) is 4.07. The normalized spacial score (nSPS) is 25.5. The smallest absolute Gasteiger partial charge is 0.0631 e. The molecule has 0 aromatic carbocycles. The molecule has 1 unspecified atom stereocenters. The number of rotatable bonds is 0. The first-order chi connectivity index (χ1) is 2.89. The molecule has 0 bridgehead atoms. The van der Waals surface area contributed by atoms with Crippen molar-refractivity contribution in [1.29, 1.82) is 0 Å². The van der Waals surface area contributed by atoms with Gasteiger partial charge in [-0.2, -0.15) is 5.43 Å². The second-order valence-corrected chi connectivity index (χ2v) is 1.92. The van der Waals surface area contributed by atoms with Crippen LogP contribution >= 0.6 is 11.6 Å². The minimum Gasteiger partial charge on any atom is -0.239 e. The highest BCUT2D eigenvalue weighted by molar-refractivity contribution is 6.21. The third kappa shape index (κ3) is 0.834. The van der Waals surface area contributed by atoms with Crippen molar-refractivity contribution < 1.29 is 0 Å². The van der Waals surface area contributed by atoms with Crippen LogP contribution in [0.25, 0.3) is 0 Å². The first kappa shape index (κ1) is 4.37. The van der Waals surface area contributed by atoms with Crippen molar-refractivity contribution in [3.8, 4) is 0 Å². The summed E-state index contributed by atoms with van der Waals surface area (Å²) in [7, 11) is 0. The van der Waals surface area contributed by atoms with Gasteiger partial charge >= 0.3 is 0 Å². The number of hydrogen-bond acceptors (Lipinski definition) is 1. The molecule has 35 valence electrons. The SMILES string of the molecule is ClC1C[N]NC1. The van der Waals surface area contributed by atoms with E-state index in [1.54, 1.807) is 0 Å². The van der Waals surface area contributed by atoms with Crippen molar-refractivity contribution in [1.82, 2.24) is 10.9 Å². The molecule has 1 saturated heterocycles. The fourth-order valence-corrected chi connectivity index (χ4v) is 0.530. The second-order valence-electron chi connectivity index (χ2n) is 1.30. The van der Waals surface area contributed by atoms with E-state index in [0.717, 1.165) is 13.1 Å². The molecule has 1 N–H and O–H groups in total. The summed E-state index contributed by atoms with van der Waals surface area (Å²) in [5.74, 6) is 0. The van der Waals surface area contributed by atoms with E-state index in [1.807, 2.05) is 0 Å². The van der Waals surface area contributed by atoms with Gasteiger partial charge in [0.1, 0.15) is 0 Å². The van der Waals surface area contributed by atoms with Crippen molar-refractivity contribution in [3.63, 3.8) is 0 Å². The van der Waals surface area contributed by atoms with Crippen LogP contribution in [0.2, 0.25) is 0 Å². The fraction of sp³-hybridized carbons (Fsp3) is 1.00. The van der Waals surface area contributed by atoms with Gasteiger partial charge in [-0.3, -0.25) is 0 Å². The first-order valence-corrected chi connectivity index (χ1v) is 2.36. The summed E-state index contributed by atoms with van der Waals surface area (Å²) < 4.78 is 0. The summed E-state index contributed by atoms with van der Waals surface area (Å²) >= 11 is 5.56. The van der Waals surface area contributed by atoms with Crippen LogP contribution in [-0.2, 0) is 0 Å². The van der Waals surface area contributed by atoms with Gasteiger partial charge in [0, 0.05) is 13.1 Å². The second kappa shape index (κ2) is 1.78. The summed E-state index contributed by atoms with van der Waals surface area (Å²) in [5, 5.41) is 0.241. The molecular formula is C3H6ClN2. The van der Waals surface area contributed by atoms with Crippen molar-refractivity contribution in [2.45, 2.75) is 5.38 Å². The van der Waals surface area contributed by atoms with Crippen LogP contribution in [0.3, 0.4) is 0 Å². The highest BCUT2D eigenvalue weighted by Crippen LogP contribution is 1.94. The molecule has 1 atom stereocenters. The molecule has 2 nitrogen and oxygen atoms in total. The Balaban J connectivity index is 2.18. The maximum absolute atomic E-state index is 5.56. The average Bonchev–Trinajstić information content (AvgIpc) is 1.86. The van der Waals surface area contributed by atoms with Gasteiger partial charge in [0.15, 0.2) is 0 Å². The van der Waals surface area contributed by atoms with Crippen LogP contribution in [0.4, 0.5) is 0 Å². The Labute approximate surface area is 41.8 Å². The van der Waals surface area contributed by atoms with Gasteiger partial charge in [0.25, 0.3) is 0 Å². The number of nitrogens with one attached hydrogen (secondary N) is 1. The largest absolute Gasteiger partial charge is 0.239 e. The predicted molar refractivity (Wildman–Crippen MR) is 24.6 cm³/mol. The lowest BCUT2D eigenvalue weighted by Gasteiger charge is -1.85. The average molecular weight is 106 g/mol. The molecule has 1 heterocycles. The first-order valence-electron chi connectivity index (χ1n) is 1.93. The highest BCUT2D eigenvalue weighted by Gasteiger charge is 2.09. The molecule has 0 spiro atoms. The van der Waals surface area contributed by atoms with Gasteiger partial charge in [-0.25, -0.2) is 5.43 Å². The lowest BCUT2D eigenvalue weighted by atomic mass is 10.5. The maximum atomic E-state index is 5.56. The van der Waals surface area contributed by atoms with Crippen LogP contribution < -0.4 is 10.9 Å². The molecule has 0 saturated carbocycles. The minimum absolute atomic E-state index is 0.241. The molecular weight excluding hydrogens is 99.5 g/mol. The number of nitrogens with zero attached hydrogens (tertiary/aromatic N) is 1. The van der Waals surface area contributed by atoms with Crippen molar-refractivity contribution >= 4 is 11.6 Å². The molecule has 1 rings (SSSR count). The monoisotopic (exact) mass is 105 g/mol. The minimum atomic E-state index is 0.241. The van der Waals surface area contributed by atoms with Gasteiger partial charge in [0.2, 0.25) is 0 Å². The van der Waals surface area contributed by atoms with E-state index in [1.165, 1.54) is 0 Å². The van der Waals surface area contributed by atoms with Gasteiger partial charge in [-0.05, 0) is 0 Å². The Morgan fingerprint density at radius 2 is 2.67 bits per heavy atom. The quantitative estimate of drug-likeness (QED) is 0.421. The summed E-state index contributed by atoms with van der Waals surface area (Å²) in [6.07, 6.45) is 0. The van der Waals surface area contributed by atoms with E-state index in [2.05, 4.69) is 10.9 Å². The van der Waals surface area contributed by atoms with Gasteiger partial charge < -0.3 is 0 Å². The van der Waals surface area contributed by atoms with E-state index in [4.69, 9.17) is 11.6 Å². The van der Waals surface area contributed by atoms with E-state index in [9.17, 15) is 0 Å². The van der Waals surface area contributed by atoms with Crippen molar-refractivity contribution in [2.24, 2.45) is 0 Å². The Bertz CT molecular complexity index is 42.1. The summed E-state index contributed by atoms with van der Waals surface area (Å²) in [6, 6.07) is 0. The molecule has 0 aromatic heterocycles. The van der Waals surface area contributed by atoms with Crippen LogP contribution in [0, 0.1) is 0 Å². The third-order valence-electron chi connectivity index (χ3n) is 0.714. The molecule has 1 fully saturated rings. The standard InChI is InChI=1S/C3H6ClN2/c4-3-1-5-6-2-3/h3,5H,1-2H2. The number of halogens is 1. The summed E-state index contributed by atoms with van der Waals surface area (Å²) in [4.78, 5) is 0. The van der Waals surface area contributed by atoms with Crippen molar-refractivity contribution in [2.75, 3.05) is 13.1 Å². The van der Waals surface area contributed by atoms with Crippen LogP contribution in [-0.4, -0.2) is 18.5 Å². The predicted octanol–water partition coefficient (Wildman–Crippen LogP) is -0.284. The Morgan fingerprint density at radius 1 is 1.83 bits per heavy atom. The van der Waals surface area contributed by atoms with Crippen molar-refractivity contribution in [3.05, 3.63) is 0 Å². The van der Waals surface area contributed by atoms with E-state index in [0.29, 0.717) is 0 Å². The summed E-state index contributed by atoms with van der Waals surface area (Å²) in [5.41, 5.74) is 6.55. The van der Waals surface area contributed by atoms with Gasteiger partial charge in [-0.1, -0.05) is 0 Å². The molecule has 1 radical (unpaired) electrons. The van der Waals surface area contributed by atoms with Gasteiger partial charge in [0.05, 0.1) is 5.38 Å². The topological polar surface area (TPSA) is 26.1 Å². The number of hydrogen-bond donors (Lipinski definition) is 1. The lowest BCUT2D eigenvalue weighted by molar-refractivity contribution is 0.673. The van der Waals surface area contributed by atoms with Gasteiger partial charge in [-0.15, -0.1) is 11.6 Å². The Hall–Kier alpha value is 0.210. The fourth-order valence-electron chi connectivity index (χ4n) is 0.392. The molecule has 0 aromatic rings. The maximum Gasteiger partial charge on any atom is 0.0631 e. The molecule has 1 aliphatic heterocycles. The molecule has 1 aliphatic rings. The van der Waals surface area contributed by atoms with Crippen LogP contribution in [0.15, 0.2) is 0 Å². The zero-order chi connectivity index (χ0) is 4.41. The molecule has 0 aliphatic carbocycles. The lowest BCUT2D eigenvalue weighted by Crippen LogP contribution is -2.13. The van der Waals surface area contributed by atoms with Crippen LogP contribution in [0.1, 0.15) is 0 Å². The highest BCUT2D eigenvalue weighted by atomic mass is 35.5. The van der Waals surface area contributed by atoms with E-state index < -0.39 is 0 Å². The number of alkyl halides is 1. The molecule has 0 amide bonds. The zero-order valence-electron chi connectivity index (χ0n) is 3.32. The Morgan fingerprint density at radius 3 is 2.83 bits per heavy atom. The third-order valence-corrected chi connectivity index (χ3v) is 1.01. The van der Waals surface area contributed by atoms with E-state index in [-0.39, 0.29) is 5.38 Å². The van der Waals surface area contributed by atoms with E-state index >= 15 is 0 Å². The van der Waals surface area contributed by atoms with Crippen LogP contribution in [0.5, 0.6) is 0 Å². The summed E-state index contributed by atoms with van der Waals surface area (Å²) in [6.45, 7) is 1.60. The molecule has 6 heavy (non-hydrogen) atoms. The molecule has 3 heteroatoms. The Kier molecular flexibility index (Phi) is 1.29.